The highest BCUT2D eigenvalue weighted by atomic mass is 32.1. The summed E-state index contributed by atoms with van der Waals surface area (Å²) in [5.74, 6) is -1.22. The maximum absolute atomic E-state index is 13.1. The Morgan fingerprint density at radius 3 is 2.45 bits per heavy atom. The van der Waals surface area contributed by atoms with Gasteiger partial charge >= 0.3 is 6.18 Å². The zero-order valence-corrected chi connectivity index (χ0v) is 12.9. The molecule has 0 aromatic carbocycles. The van der Waals surface area contributed by atoms with E-state index in [1.807, 2.05) is 20.8 Å². The van der Waals surface area contributed by atoms with Crippen molar-refractivity contribution in [1.29, 1.82) is 0 Å². The van der Waals surface area contributed by atoms with Crippen molar-refractivity contribution in [2.24, 2.45) is 5.92 Å². The summed E-state index contributed by atoms with van der Waals surface area (Å²) in [5, 5.41) is 4.13. The van der Waals surface area contributed by atoms with E-state index in [1.165, 1.54) is 0 Å². The fourth-order valence-electron chi connectivity index (χ4n) is 3.07. The van der Waals surface area contributed by atoms with E-state index in [4.69, 9.17) is 0 Å². The molecule has 1 saturated carbocycles. The fraction of sp³-hybridized carbons (Fsp3) is 0.786. The zero-order chi connectivity index (χ0) is 14.9. The summed E-state index contributed by atoms with van der Waals surface area (Å²) in [7, 11) is 0. The van der Waals surface area contributed by atoms with Gasteiger partial charge in [-0.1, -0.05) is 12.8 Å². The molecular formula is C14H21F3N2S. The molecule has 0 amide bonds. The van der Waals surface area contributed by atoms with E-state index in [0.29, 0.717) is 12.8 Å². The molecule has 1 aliphatic carbocycles. The van der Waals surface area contributed by atoms with Gasteiger partial charge in [-0.3, -0.25) is 0 Å². The second-order valence-electron chi connectivity index (χ2n) is 5.60. The first-order valence-electron chi connectivity index (χ1n) is 7.05. The summed E-state index contributed by atoms with van der Waals surface area (Å²) in [6, 6.07) is -0.618. The van der Waals surface area contributed by atoms with Gasteiger partial charge in [0, 0.05) is 17.0 Å². The average Bonchev–Trinajstić information content (AvgIpc) is 2.68. The summed E-state index contributed by atoms with van der Waals surface area (Å²) in [4.78, 5) is 5.52. The lowest BCUT2D eigenvalue weighted by atomic mass is 9.83. The zero-order valence-electron chi connectivity index (χ0n) is 12.0. The smallest absolute Gasteiger partial charge is 0.305 e. The van der Waals surface area contributed by atoms with E-state index in [0.717, 1.165) is 22.0 Å². The predicted molar refractivity (Wildman–Crippen MR) is 74.9 cm³/mol. The minimum Gasteiger partial charge on any atom is -0.305 e. The molecule has 20 heavy (non-hydrogen) atoms. The Kier molecular flexibility index (Phi) is 4.74. The second-order valence-corrected chi connectivity index (χ2v) is 7.01. The fourth-order valence-corrected chi connectivity index (χ4v) is 3.98. The predicted octanol–water partition coefficient (Wildman–Crippen LogP) is 4.53. The van der Waals surface area contributed by atoms with Crippen molar-refractivity contribution in [1.82, 2.24) is 10.3 Å². The molecular weight excluding hydrogens is 285 g/mol. The van der Waals surface area contributed by atoms with Crippen molar-refractivity contribution in [2.75, 3.05) is 0 Å². The molecule has 0 aliphatic heterocycles. The molecule has 1 N–H and O–H groups in total. The normalized spacial score (nSPS) is 25.7. The van der Waals surface area contributed by atoms with Gasteiger partial charge in [0.1, 0.15) is 0 Å². The molecule has 1 aliphatic rings. The summed E-state index contributed by atoms with van der Waals surface area (Å²) in [6.07, 6.45) is -1.73. The van der Waals surface area contributed by atoms with E-state index in [-0.39, 0.29) is 12.5 Å². The lowest BCUT2D eigenvalue weighted by molar-refractivity contribution is -0.189. The first-order chi connectivity index (χ1) is 9.29. The van der Waals surface area contributed by atoms with E-state index in [9.17, 15) is 13.2 Å². The number of nitrogens with one attached hydrogen (secondary N) is 1. The van der Waals surface area contributed by atoms with Gasteiger partial charge in [0.2, 0.25) is 0 Å². The summed E-state index contributed by atoms with van der Waals surface area (Å²) < 4.78 is 39.2. The third-order valence-electron chi connectivity index (χ3n) is 4.00. The van der Waals surface area contributed by atoms with E-state index in [1.54, 1.807) is 11.3 Å². The van der Waals surface area contributed by atoms with Crippen LogP contribution in [0.1, 0.15) is 54.2 Å². The number of hydrogen-bond acceptors (Lipinski definition) is 3. The summed E-state index contributed by atoms with van der Waals surface area (Å²) >= 11 is 1.59. The quantitative estimate of drug-likeness (QED) is 0.887. The first-order valence-corrected chi connectivity index (χ1v) is 7.87. The summed E-state index contributed by atoms with van der Waals surface area (Å²) in [5.41, 5.74) is 0.888. The molecule has 1 aromatic rings. The lowest BCUT2D eigenvalue weighted by Crippen LogP contribution is -2.46. The number of hydrogen-bond donors (Lipinski definition) is 1. The number of aromatic nitrogens is 1. The van der Waals surface area contributed by atoms with Crippen molar-refractivity contribution in [3.8, 4) is 0 Å². The highest BCUT2D eigenvalue weighted by Gasteiger charge is 2.45. The van der Waals surface area contributed by atoms with Gasteiger partial charge < -0.3 is 5.32 Å². The molecule has 0 saturated heterocycles. The SMILES string of the molecule is Cc1nc(C(C)NC2CCCCC2C(F)(F)F)c(C)s1. The van der Waals surface area contributed by atoms with Crippen molar-refractivity contribution >= 4 is 11.3 Å². The highest BCUT2D eigenvalue weighted by Crippen LogP contribution is 2.38. The summed E-state index contributed by atoms with van der Waals surface area (Å²) in [6.45, 7) is 5.80. The average molecular weight is 306 g/mol. The van der Waals surface area contributed by atoms with E-state index < -0.39 is 18.1 Å². The van der Waals surface area contributed by atoms with Crippen LogP contribution in [0.3, 0.4) is 0 Å². The Hall–Kier alpha value is -0.620. The number of halogens is 3. The Balaban J connectivity index is 2.09. The lowest BCUT2D eigenvalue weighted by Gasteiger charge is -2.35. The molecule has 0 spiro atoms. The maximum Gasteiger partial charge on any atom is 0.393 e. The Morgan fingerprint density at radius 1 is 1.25 bits per heavy atom. The van der Waals surface area contributed by atoms with Crippen molar-refractivity contribution in [3.05, 3.63) is 15.6 Å². The van der Waals surface area contributed by atoms with Crippen molar-refractivity contribution < 1.29 is 13.2 Å². The van der Waals surface area contributed by atoms with Crippen LogP contribution < -0.4 is 5.32 Å². The third kappa shape index (κ3) is 3.52. The number of thiazole rings is 1. The minimum absolute atomic E-state index is 0.132. The van der Waals surface area contributed by atoms with E-state index >= 15 is 0 Å². The molecule has 1 aromatic heterocycles. The standard InChI is InChI=1S/C14H21F3N2S/c1-8(13-9(2)20-10(3)19-13)18-12-7-5-4-6-11(12)14(15,16)17/h8,11-12,18H,4-7H2,1-3H3. The van der Waals surface area contributed by atoms with Crippen LogP contribution in [0.4, 0.5) is 13.2 Å². The van der Waals surface area contributed by atoms with Crippen LogP contribution in [0.25, 0.3) is 0 Å². The second kappa shape index (κ2) is 6.02. The highest BCUT2D eigenvalue weighted by molar-refractivity contribution is 7.11. The van der Waals surface area contributed by atoms with Crippen LogP contribution in [0.15, 0.2) is 0 Å². The van der Waals surface area contributed by atoms with Crippen molar-refractivity contribution in [3.63, 3.8) is 0 Å². The number of nitrogens with zero attached hydrogens (tertiary/aromatic N) is 1. The van der Waals surface area contributed by atoms with Crippen LogP contribution in [0, 0.1) is 19.8 Å². The van der Waals surface area contributed by atoms with Gasteiger partial charge in [0.05, 0.1) is 16.6 Å². The molecule has 2 nitrogen and oxygen atoms in total. The molecule has 0 bridgehead atoms. The minimum atomic E-state index is -4.11. The van der Waals surface area contributed by atoms with Gasteiger partial charge in [0.25, 0.3) is 0 Å². The molecule has 3 atom stereocenters. The number of rotatable bonds is 3. The Morgan fingerprint density at radius 2 is 1.90 bits per heavy atom. The van der Waals surface area contributed by atoms with Crippen LogP contribution >= 0.6 is 11.3 Å². The molecule has 0 radical (unpaired) electrons. The van der Waals surface area contributed by atoms with Gasteiger partial charge in [-0.05, 0) is 33.6 Å². The van der Waals surface area contributed by atoms with Crippen LogP contribution in [-0.2, 0) is 0 Å². The van der Waals surface area contributed by atoms with Gasteiger partial charge in [0.15, 0.2) is 0 Å². The van der Waals surface area contributed by atoms with Gasteiger partial charge in [-0.25, -0.2) is 4.98 Å². The van der Waals surface area contributed by atoms with Crippen LogP contribution in [-0.4, -0.2) is 17.2 Å². The first kappa shape index (κ1) is 15.8. The Labute approximate surface area is 121 Å². The largest absolute Gasteiger partial charge is 0.393 e. The van der Waals surface area contributed by atoms with Crippen LogP contribution in [0.2, 0.25) is 0 Å². The number of alkyl halides is 3. The van der Waals surface area contributed by atoms with E-state index in [2.05, 4.69) is 10.3 Å². The molecule has 6 heteroatoms. The molecule has 3 unspecified atom stereocenters. The molecule has 1 fully saturated rings. The monoisotopic (exact) mass is 306 g/mol. The van der Waals surface area contributed by atoms with Crippen molar-refractivity contribution in [2.45, 2.75) is 64.7 Å². The Bertz CT molecular complexity index is 456. The van der Waals surface area contributed by atoms with Gasteiger partial charge in [-0.15, -0.1) is 11.3 Å². The number of aryl methyl sites for hydroxylation is 2. The molecule has 2 rings (SSSR count). The van der Waals surface area contributed by atoms with Gasteiger partial charge in [-0.2, -0.15) is 13.2 Å². The topological polar surface area (TPSA) is 24.9 Å². The third-order valence-corrected chi connectivity index (χ3v) is 4.90. The molecule has 114 valence electrons. The maximum atomic E-state index is 13.1. The molecule has 1 heterocycles. The van der Waals surface area contributed by atoms with Crippen LogP contribution in [0.5, 0.6) is 0 Å².